The van der Waals surface area contributed by atoms with Crippen LogP contribution in [0.15, 0.2) is 66.9 Å². The molecule has 0 unspecified atom stereocenters. The Bertz CT molecular complexity index is 1260. The SMILES string of the molecule is N[C@@H](CCC(=O)N1C[C@H](N)[C@@H]([NH3+])C1)C(=O)N[C@H](CCc1ccccc1)C(=O)Nc1c[nH+]c2ccccc2c1. The Morgan fingerprint density at radius 2 is 1.76 bits per heavy atom. The van der Waals surface area contributed by atoms with E-state index < -0.39 is 18.0 Å². The van der Waals surface area contributed by atoms with Crippen LogP contribution in [-0.2, 0) is 20.8 Å². The summed E-state index contributed by atoms with van der Waals surface area (Å²) < 4.78 is 0. The highest BCUT2D eigenvalue weighted by Crippen LogP contribution is 2.15. The van der Waals surface area contributed by atoms with Gasteiger partial charge in [0.15, 0.2) is 6.20 Å². The highest BCUT2D eigenvalue weighted by molar-refractivity contribution is 5.98. The van der Waals surface area contributed by atoms with E-state index in [1.54, 1.807) is 11.1 Å². The largest absolute Gasteiger partial charge is 0.352 e. The van der Waals surface area contributed by atoms with Crippen molar-refractivity contribution in [2.45, 2.75) is 49.9 Å². The van der Waals surface area contributed by atoms with Gasteiger partial charge < -0.3 is 32.7 Å². The van der Waals surface area contributed by atoms with E-state index in [0.29, 0.717) is 31.6 Å². The molecule has 0 bridgehead atoms. The number of likely N-dealkylation sites (tertiary alicyclic amines) is 1. The molecule has 1 saturated heterocycles. The van der Waals surface area contributed by atoms with Crippen molar-refractivity contribution in [1.29, 1.82) is 0 Å². The molecule has 3 amide bonds. The maximum Gasteiger partial charge on any atom is 0.247 e. The third-order valence-electron chi connectivity index (χ3n) is 6.97. The second-order valence-electron chi connectivity index (χ2n) is 9.92. The minimum atomic E-state index is -0.924. The van der Waals surface area contributed by atoms with E-state index in [9.17, 15) is 14.4 Å². The molecule has 0 saturated carbocycles. The summed E-state index contributed by atoms with van der Waals surface area (Å²) in [6, 6.07) is 17.5. The van der Waals surface area contributed by atoms with Gasteiger partial charge >= 0.3 is 0 Å². The lowest BCUT2D eigenvalue weighted by Gasteiger charge is -2.21. The van der Waals surface area contributed by atoms with Crippen LogP contribution < -0.4 is 32.8 Å². The van der Waals surface area contributed by atoms with E-state index in [1.807, 2.05) is 60.7 Å². The van der Waals surface area contributed by atoms with Gasteiger partial charge in [0.2, 0.25) is 23.2 Å². The van der Waals surface area contributed by atoms with Gasteiger partial charge in [-0.3, -0.25) is 14.4 Å². The number of rotatable bonds is 10. The monoisotopic (exact) mass is 519 g/mol. The Labute approximate surface area is 221 Å². The summed E-state index contributed by atoms with van der Waals surface area (Å²) in [6.07, 6.45) is 3.00. The molecule has 1 aliphatic rings. The minimum Gasteiger partial charge on any atom is -0.352 e. The van der Waals surface area contributed by atoms with Crippen molar-refractivity contribution < 1.29 is 25.1 Å². The van der Waals surface area contributed by atoms with Crippen LogP contribution in [0.2, 0.25) is 0 Å². The third kappa shape index (κ3) is 7.12. The summed E-state index contributed by atoms with van der Waals surface area (Å²) in [5, 5.41) is 6.67. The van der Waals surface area contributed by atoms with Gasteiger partial charge in [0.1, 0.15) is 17.8 Å². The molecule has 4 rings (SSSR count). The minimum absolute atomic E-state index is 0.00000988. The first kappa shape index (κ1) is 27.2. The van der Waals surface area contributed by atoms with Crippen LogP contribution >= 0.6 is 0 Å². The van der Waals surface area contributed by atoms with Gasteiger partial charge in [-0.15, -0.1) is 0 Å². The number of anilines is 1. The van der Waals surface area contributed by atoms with E-state index in [0.717, 1.165) is 16.5 Å². The van der Waals surface area contributed by atoms with E-state index in [2.05, 4.69) is 21.4 Å². The van der Waals surface area contributed by atoms with Crippen molar-refractivity contribution in [2.24, 2.45) is 11.5 Å². The Kier molecular flexibility index (Phi) is 9.01. The number of carbonyl (C=O) groups is 3. The maximum absolute atomic E-state index is 13.3. The van der Waals surface area contributed by atoms with Gasteiger partial charge in [-0.25, -0.2) is 4.98 Å². The number of nitrogens with zero attached hydrogens (tertiary/aromatic N) is 1. The van der Waals surface area contributed by atoms with Gasteiger partial charge in [-0.2, -0.15) is 0 Å². The number of hydrogen-bond acceptors (Lipinski definition) is 5. The van der Waals surface area contributed by atoms with Crippen molar-refractivity contribution in [1.82, 2.24) is 10.2 Å². The van der Waals surface area contributed by atoms with Crippen LogP contribution in [0.5, 0.6) is 0 Å². The molecule has 1 fully saturated rings. The number of nitrogens with one attached hydrogen (secondary N) is 3. The Morgan fingerprint density at radius 1 is 1.03 bits per heavy atom. The summed E-state index contributed by atoms with van der Waals surface area (Å²) in [7, 11) is 0. The molecule has 2 heterocycles. The summed E-state index contributed by atoms with van der Waals surface area (Å²) >= 11 is 0. The van der Waals surface area contributed by atoms with E-state index in [-0.39, 0.29) is 36.7 Å². The Balaban J connectivity index is 1.38. The van der Waals surface area contributed by atoms with Gasteiger partial charge in [0.25, 0.3) is 0 Å². The number of aromatic nitrogens is 1. The Morgan fingerprint density at radius 3 is 2.50 bits per heavy atom. The predicted molar refractivity (Wildman–Crippen MR) is 144 cm³/mol. The number of pyridine rings is 1. The van der Waals surface area contributed by atoms with E-state index >= 15 is 0 Å². The summed E-state index contributed by atoms with van der Waals surface area (Å²) in [5.41, 5.74) is 18.6. The first-order chi connectivity index (χ1) is 18.3. The van der Waals surface area contributed by atoms with Crippen molar-refractivity contribution in [3.8, 4) is 0 Å². The average Bonchev–Trinajstić information content (AvgIpc) is 3.27. The quantitative estimate of drug-likeness (QED) is 0.245. The number of carbonyl (C=O) groups excluding carboxylic acids is 3. The molecule has 0 spiro atoms. The normalized spacial score (nSPS) is 18.7. The van der Waals surface area contributed by atoms with Gasteiger partial charge in [-0.05, 0) is 37.0 Å². The second kappa shape index (κ2) is 12.6. The number of aryl methyl sites for hydroxylation is 1. The lowest BCUT2D eigenvalue weighted by Crippen LogP contribution is -2.68. The number of fused-ring (bicyclic) bond motifs is 1. The molecule has 10 nitrogen and oxygen atoms in total. The lowest BCUT2D eigenvalue weighted by atomic mass is 10.0. The molecule has 1 aliphatic heterocycles. The maximum atomic E-state index is 13.3. The fourth-order valence-electron chi connectivity index (χ4n) is 4.59. The molecular formula is C28H37N7O3+2. The first-order valence-electron chi connectivity index (χ1n) is 13.0. The fraction of sp³-hybridized carbons (Fsp3) is 0.357. The van der Waals surface area contributed by atoms with Gasteiger partial charge in [0.05, 0.1) is 18.6 Å². The molecule has 0 radical (unpaired) electrons. The number of H-pyrrole nitrogens is 1. The van der Waals surface area contributed by atoms with E-state index in [1.165, 1.54) is 0 Å². The molecule has 3 aromatic rings. The molecule has 38 heavy (non-hydrogen) atoms. The third-order valence-corrected chi connectivity index (χ3v) is 6.97. The smallest absolute Gasteiger partial charge is 0.247 e. The van der Waals surface area contributed by atoms with Crippen molar-refractivity contribution in [3.63, 3.8) is 0 Å². The summed E-state index contributed by atoms with van der Waals surface area (Å²) in [5.74, 6) is -0.904. The standard InChI is InChI=1S/C28H35N7O3/c29-21(11-13-26(36)35-16-22(30)23(31)17-35)27(37)34-25(12-10-18-6-2-1-3-7-18)28(38)33-20-14-19-8-4-5-9-24(19)32-15-20/h1-9,14-15,21-23,25H,10-13,16-17,29-31H2,(H,33,38)(H,34,37)/p+2/t21-,22-,23-,25+/m0/s1. The Hall–Kier alpha value is -3.86. The topological polar surface area (TPSA) is 172 Å². The second-order valence-corrected chi connectivity index (χ2v) is 9.92. The number of nitrogens with two attached hydrogens (primary N) is 2. The zero-order valence-electron chi connectivity index (χ0n) is 21.4. The number of aromatic amines is 1. The number of quaternary nitrogens is 1. The van der Waals surface area contributed by atoms with Crippen molar-refractivity contribution in [2.75, 3.05) is 18.4 Å². The fourth-order valence-corrected chi connectivity index (χ4v) is 4.59. The summed E-state index contributed by atoms with van der Waals surface area (Å²) in [4.78, 5) is 43.6. The van der Waals surface area contributed by atoms with Crippen LogP contribution in [0.1, 0.15) is 24.8 Å². The molecule has 10 heteroatoms. The van der Waals surface area contributed by atoms with E-state index in [4.69, 9.17) is 11.5 Å². The van der Waals surface area contributed by atoms with Crippen LogP contribution in [0.4, 0.5) is 5.69 Å². The zero-order valence-corrected chi connectivity index (χ0v) is 21.4. The molecule has 2 aromatic carbocycles. The van der Waals surface area contributed by atoms with Crippen molar-refractivity contribution in [3.05, 3.63) is 72.4 Å². The van der Waals surface area contributed by atoms with Crippen LogP contribution in [0.25, 0.3) is 10.9 Å². The number of para-hydroxylation sites is 1. The first-order valence-corrected chi connectivity index (χ1v) is 13.0. The van der Waals surface area contributed by atoms with Gasteiger partial charge in [0, 0.05) is 24.4 Å². The number of hydrogen-bond donors (Lipinski definition) is 5. The molecule has 200 valence electrons. The van der Waals surface area contributed by atoms with Crippen LogP contribution in [0.3, 0.4) is 0 Å². The molecular weight excluding hydrogens is 482 g/mol. The molecule has 0 aliphatic carbocycles. The highest BCUT2D eigenvalue weighted by Gasteiger charge is 2.33. The average molecular weight is 520 g/mol. The predicted octanol–water partition coefficient (Wildman–Crippen LogP) is -0.402. The van der Waals surface area contributed by atoms with Crippen LogP contribution in [0, 0.1) is 0 Å². The number of benzene rings is 2. The highest BCUT2D eigenvalue weighted by atomic mass is 16.2. The number of amides is 3. The summed E-state index contributed by atoms with van der Waals surface area (Å²) in [6.45, 7) is 0.970. The zero-order chi connectivity index (χ0) is 27.1. The van der Waals surface area contributed by atoms with Crippen LogP contribution in [-0.4, -0.2) is 59.9 Å². The molecule has 1 aromatic heterocycles. The van der Waals surface area contributed by atoms with Gasteiger partial charge in [-0.1, -0.05) is 42.5 Å². The molecule has 4 atom stereocenters. The molecule has 10 N–H and O–H groups in total. The lowest BCUT2D eigenvalue weighted by molar-refractivity contribution is -0.416. The van der Waals surface area contributed by atoms with Crippen molar-refractivity contribution >= 4 is 34.3 Å².